The van der Waals surface area contributed by atoms with Crippen LogP contribution in [-0.4, -0.2) is 16.9 Å². The standard InChI is InChI=1S/C32H12BF24.C18H14ClN2O/c34-25(35,36)13-1-14(26(37,38)39)6-21(5-13)33(22-7-15(27(40,41)42)2-16(8-22)28(43,44)45,23-9-17(29(46,47)48)3-18(10-23)30(49,50)51)24-11-19(31(52,53)54)4-20(12-24)32(55,56)57;19-16-8-4-7-15(11-16)17-12-21(10-9-20-17)13-18(22)14-5-2-1-3-6-14/h1-12H;1-12H,13H2/q-1;+1. The van der Waals surface area contributed by atoms with Crippen molar-refractivity contribution in [2.75, 3.05) is 0 Å². The quantitative estimate of drug-likeness (QED) is 0.0658. The van der Waals surface area contributed by atoms with Crippen LogP contribution in [0.2, 0.25) is 5.02 Å². The third-order valence-electron chi connectivity index (χ3n) is 11.7. The first-order valence-corrected chi connectivity index (χ1v) is 21.9. The van der Waals surface area contributed by atoms with Gasteiger partial charge in [0, 0.05) is 16.1 Å². The van der Waals surface area contributed by atoms with Gasteiger partial charge in [-0.25, -0.2) is 4.98 Å². The number of hydrogen-bond acceptors (Lipinski definition) is 2. The van der Waals surface area contributed by atoms with E-state index in [2.05, 4.69) is 4.98 Å². The highest BCUT2D eigenvalue weighted by Gasteiger charge is 2.47. The van der Waals surface area contributed by atoms with E-state index in [1.54, 1.807) is 12.4 Å². The fourth-order valence-electron chi connectivity index (χ4n) is 8.28. The molecule has 0 unspecified atom stereocenters. The highest BCUT2D eigenvalue weighted by atomic mass is 35.5. The summed E-state index contributed by atoms with van der Waals surface area (Å²) in [7, 11) is 0. The molecule has 0 N–H and O–H groups in total. The molecule has 7 rings (SSSR count). The first kappa shape index (κ1) is 61.0. The third kappa shape index (κ3) is 14.3. The number of carbonyl (C=O) groups excluding carboxylic acids is 1. The Kier molecular flexibility index (Phi) is 16.5. The van der Waals surface area contributed by atoms with Crippen molar-refractivity contribution < 1.29 is 115 Å². The number of hydrogen-bond donors (Lipinski definition) is 0. The molecule has 0 saturated heterocycles. The zero-order chi connectivity index (χ0) is 59.3. The molecule has 0 saturated carbocycles. The molecular formula is C50H26BClF24N2O. The van der Waals surface area contributed by atoms with Gasteiger partial charge in [-0.1, -0.05) is 103 Å². The molecular weight excluding hydrogens is 1150 g/mol. The molecule has 1 aromatic heterocycles. The Balaban J connectivity index is 0.000000378. The minimum atomic E-state index is -6.13. The Hall–Kier alpha value is -7.26. The van der Waals surface area contributed by atoms with E-state index in [1.165, 1.54) is 0 Å². The summed E-state index contributed by atoms with van der Waals surface area (Å²) in [6.07, 6.45) is -49.5. The maximum absolute atomic E-state index is 14.2. The van der Waals surface area contributed by atoms with Crippen molar-refractivity contribution in [3.05, 3.63) is 201 Å². The van der Waals surface area contributed by atoms with Gasteiger partial charge in [0.15, 0.2) is 12.4 Å². The van der Waals surface area contributed by atoms with Crippen LogP contribution in [0.5, 0.6) is 0 Å². The van der Waals surface area contributed by atoms with Crippen LogP contribution in [-0.2, 0) is 56.0 Å². The first-order chi connectivity index (χ1) is 36.0. The molecule has 29 heteroatoms. The summed E-state index contributed by atoms with van der Waals surface area (Å²) < 4.78 is 343. The maximum atomic E-state index is 14.2. The van der Waals surface area contributed by atoms with Gasteiger partial charge >= 0.3 is 49.4 Å². The number of Topliss-reactive ketones (excluding diaryl/α,β-unsaturated/α-hetero) is 1. The molecule has 0 bridgehead atoms. The lowest BCUT2D eigenvalue weighted by molar-refractivity contribution is -0.683. The smallest absolute Gasteiger partial charge is 0.287 e. The van der Waals surface area contributed by atoms with Gasteiger partial charge in [0.2, 0.25) is 12.3 Å². The van der Waals surface area contributed by atoms with E-state index < -0.39 is 195 Å². The Morgan fingerprint density at radius 3 is 0.987 bits per heavy atom. The summed E-state index contributed by atoms with van der Waals surface area (Å²) >= 11 is 6.01. The monoisotopic (exact) mass is 1170 g/mol. The average Bonchev–Trinajstić information content (AvgIpc) is 3.39. The lowest BCUT2D eigenvalue weighted by atomic mass is 9.12. The van der Waals surface area contributed by atoms with E-state index in [1.807, 2.05) is 65.4 Å². The van der Waals surface area contributed by atoms with Crippen LogP contribution in [0.1, 0.15) is 54.9 Å². The number of halogens is 25. The molecule has 0 aliphatic heterocycles. The van der Waals surface area contributed by atoms with Crippen molar-refractivity contribution in [2.24, 2.45) is 0 Å². The molecule has 7 aromatic rings. The van der Waals surface area contributed by atoms with Gasteiger partial charge in [0.25, 0.3) is 0 Å². The Labute approximate surface area is 432 Å². The second kappa shape index (κ2) is 21.4. The van der Waals surface area contributed by atoms with Gasteiger partial charge in [0.1, 0.15) is 11.8 Å². The number of benzene rings is 6. The van der Waals surface area contributed by atoms with Crippen LogP contribution in [0, 0.1) is 0 Å². The summed E-state index contributed by atoms with van der Waals surface area (Å²) in [6.45, 7) is 0.278. The molecule has 0 spiro atoms. The molecule has 0 atom stereocenters. The topological polar surface area (TPSA) is 33.8 Å². The summed E-state index contributed by atoms with van der Waals surface area (Å²) in [6, 6.07) is 7.95. The zero-order valence-corrected chi connectivity index (χ0v) is 39.1. The fourth-order valence-corrected chi connectivity index (χ4v) is 8.47. The molecule has 0 radical (unpaired) electrons. The van der Waals surface area contributed by atoms with Crippen LogP contribution in [0.4, 0.5) is 105 Å². The summed E-state index contributed by atoms with van der Waals surface area (Å²) in [5.74, 6) is 0.0637. The highest BCUT2D eigenvalue weighted by molar-refractivity contribution is 7.20. The largest absolute Gasteiger partial charge is 0.416 e. The highest BCUT2D eigenvalue weighted by Crippen LogP contribution is 2.41. The van der Waals surface area contributed by atoms with Crippen molar-refractivity contribution in [1.29, 1.82) is 0 Å². The SMILES string of the molecule is FC(F)(F)c1cc([B-](c2cc(C(F)(F)F)cc(C(F)(F)F)c2)(c2cc(C(F)(F)F)cc(C(F)(F)F)c2)c2cc(C(F)(F)F)cc(C(F)(F)F)c2)cc(C(F)(F)F)c1.O=C(C[n+]1ccnc(-c2cccc(Cl)c2)c1)c1ccccc1. The molecule has 0 amide bonds. The Bertz CT molecular complexity index is 2920. The number of aromatic nitrogens is 2. The van der Waals surface area contributed by atoms with Crippen LogP contribution in [0.15, 0.2) is 146 Å². The van der Waals surface area contributed by atoms with E-state index in [9.17, 15) is 110 Å². The minimum Gasteiger partial charge on any atom is -0.287 e. The number of nitrogens with zero attached hydrogens (tertiary/aromatic N) is 2. The molecule has 0 aliphatic rings. The maximum Gasteiger partial charge on any atom is 0.416 e. The predicted molar refractivity (Wildman–Crippen MR) is 236 cm³/mol. The molecule has 0 fully saturated rings. The predicted octanol–water partition coefficient (Wildman–Crippen LogP) is 14.8. The molecule has 0 aliphatic carbocycles. The molecule has 420 valence electrons. The van der Waals surface area contributed by atoms with Crippen LogP contribution in [0.3, 0.4) is 0 Å². The normalized spacial score (nSPS) is 13.2. The molecule has 1 heterocycles. The summed E-state index contributed by atoms with van der Waals surface area (Å²) in [4.78, 5) is 16.6. The van der Waals surface area contributed by atoms with Gasteiger partial charge in [-0.05, 0) is 36.4 Å². The summed E-state index contributed by atoms with van der Waals surface area (Å²) in [5, 5.41) is 0.662. The number of rotatable bonds is 8. The van der Waals surface area contributed by atoms with Crippen molar-refractivity contribution in [2.45, 2.75) is 56.0 Å². The number of alkyl halides is 24. The molecule has 3 nitrogen and oxygen atoms in total. The Morgan fingerprint density at radius 1 is 0.405 bits per heavy atom. The Morgan fingerprint density at radius 2 is 0.709 bits per heavy atom. The zero-order valence-electron chi connectivity index (χ0n) is 38.4. The van der Waals surface area contributed by atoms with Crippen molar-refractivity contribution >= 4 is 45.4 Å². The first-order valence-electron chi connectivity index (χ1n) is 21.5. The fraction of sp³-hybridized carbons (Fsp3) is 0.180. The van der Waals surface area contributed by atoms with Gasteiger partial charge in [-0.2, -0.15) is 132 Å². The van der Waals surface area contributed by atoms with E-state index in [4.69, 9.17) is 11.6 Å². The van der Waals surface area contributed by atoms with E-state index in [0.29, 0.717) is 10.6 Å². The van der Waals surface area contributed by atoms with Gasteiger partial charge in [0.05, 0.1) is 50.7 Å². The minimum absolute atomic E-state index is 0.0637. The molecule has 6 aromatic carbocycles. The number of ketones is 1. The van der Waals surface area contributed by atoms with E-state index >= 15 is 0 Å². The second-order valence-corrected chi connectivity index (χ2v) is 17.6. The lowest BCUT2D eigenvalue weighted by Gasteiger charge is -2.46. The number of carbonyl (C=O) groups is 1. The van der Waals surface area contributed by atoms with Crippen LogP contribution in [0.25, 0.3) is 11.3 Å². The van der Waals surface area contributed by atoms with Crippen molar-refractivity contribution in [3.8, 4) is 11.3 Å². The van der Waals surface area contributed by atoms with Crippen LogP contribution < -0.4 is 26.4 Å². The van der Waals surface area contributed by atoms with E-state index in [-0.39, 0.29) is 12.3 Å². The van der Waals surface area contributed by atoms with E-state index in [0.717, 1.165) is 11.3 Å². The second-order valence-electron chi connectivity index (χ2n) is 17.1. The van der Waals surface area contributed by atoms with Crippen molar-refractivity contribution in [1.82, 2.24) is 4.98 Å². The lowest BCUT2D eigenvalue weighted by Crippen LogP contribution is -2.75. The van der Waals surface area contributed by atoms with Gasteiger partial charge in [-0.15, -0.1) is 0 Å². The van der Waals surface area contributed by atoms with Gasteiger partial charge in [-0.3, -0.25) is 4.79 Å². The molecule has 79 heavy (non-hydrogen) atoms. The van der Waals surface area contributed by atoms with Crippen LogP contribution >= 0.6 is 11.6 Å². The average molecular weight is 1170 g/mol. The third-order valence-corrected chi connectivity index (χ3v) is 12.0. The van der Waals surface area contributed by atoms with Crippen molar-refractivity contribution in [3.63, 3.8) is 0 Å². The van der Waals surface area contributed by atoms with Gasteiger partial charge < -0.3 is 0 Å². The summed E-state index contributed by atoms with van der Waals surface area (Å²) in [5.41, 5.74) is -27.8.